The molecular formula is C8H15N3O2. The van der Waals surface area contributed by atoms with Crippen molar-refractivity contribution in [1.82, 2.24) is 5.32 Å². The zero-order chi connectivity index (χ0) is 10.6. The number of carbonyl (C=O) groups excluding carboxylic acids is 2. The molecule has 5 nitrogen and oxygen atoms in total. The van der Waals surface area contributed by atoms with Crippen LogP contribution < -0.4 is 11.1 Å². The van der Waals surface area contributed by atoms with E-state index in [4.69, 9.17) is 11.1 Å². The van der Waals surface area contributed by atoms with Gasteiger partial charge in [0.2, 0.25) is 5.91 Å². The number of amides is 2. The number of hydrogen-bond donors (Lipinski definition) is 3. The first-order chi connectivity index (χ1) is 5.77. The van der Waals surface area contributed by atoms with Crippen LogP contribution in [0.5, 0.6) is 0 Å². The van der Waals surface area contributed by atoms with Gasteiger partial charge in [-0.1, -0.05) is 0 Å². The summed E-state index contributed by atoms with van der Waals surface area (Å²) in [7, 11) is 0. The van der Waals surface area contributed by atoms with E-state index in [2.05, 4.69) is 5.32 Å². The molecule has 0 rings (SSSR count). The van der Waals surface area contributed by atoms with Crippen LogP contribution in [-0.2, 0) is 9.59 Å². The van der Waals surface area contributed by atoms with Crippen molar-refractivity contribution in [2.45, 2.75) is 20.8 Å². The molecule has 0 saturated heterocycles. The van der Waals surface area contributed by atoms with Gasteiger partial charge in [0, 0.05) is 6.54 Å². The highest BCUT2D eigenvalue weighted by atomic mass is 16.2. The molecule has 4 N–H and O–H groups in total. The van der Waals surface area contributed by atoms with E-state index >= 15 is 0 Å². The van der Waals surface area contributed by atoms with E-state index in [0.717, 1.165) is 0 Å². The predicted octanol–water partition coefficient (Wildman–Crippen LogP) is -0.346. The summed E-state index contributed by atoms with van der Waals surface area (Å²) in [5.74, 6) is -0.954. The molecule has 0 aliphatic carbocycles. The molecule has 0 aromatic carbocycles. The van der Waals surface area contributed by atoms with Gasteiger partial charge in [0.05, 0.1) is 11.1 Å². The van der Waals surface area contributed by atoms with Crippen molar-refractivity contribution in [2.75, 3.05) is 6.54 Å². The fourth-order valence-electron chi connectivity index (χ4n) is 0.521. The minimum Gasteiger partial charge on any atom is -0.369 e. The van der Waals surface area contributed by atoms with Crippen molar-refractivity contribution in [1.29, 1.82) is 5.41 Å². The molecule has 0 bridgehead atoms. The molecule has 0 aromatic rings. The Hall–Kier alpha value is -1.39. The molecule has 0 atom stereocenters. The van der Waals surface area contributed by atoms with Crippen LogP contribution in [-0.4, -0.2) is 24.1 Å². The first-order valence-electron chi connectivity index (χ1n) is 3.90. The maximum atomic E-state index is 10.9. The van der Waals surface area contributed by atoms with E-state index in [0.29, 0.717) is 0 Å². The molecule has 0 saturated carbocycles. The SMILES string of the molecule is CC(=N)C(=O)NCC(C)(C)C(N)=O. The van der Waals surface area contributed by atoms with Gasteiger partial charge in [0.25, 0.3) is 5.91 Å². The Balaban J connectivity index is 4.10. The molecule has 0 heterocycles. The Kier molecular flexibility index (Phi) is 3.59. The fourth-order valence-corrected chi connectivity index (χ4v) is 0.521. The first kappa shape index (κ1) is 11.6. The molecule has 0 radical (unpaired) electrons. The van der Waals surface area contributed by atoms with Crippen LogP contribution in [0.25, 0.3) is 0 Å². The molecule has 0 aromatic heterocycles. The molecular weight excluding hydrogens is 170 g/mol. The van der Waals surface area contributed by atoms with Crippen LogP contribution in [0.3, 0.4) is 0 Å². The van der Waals surface area contributed by atoms with Crippen LogP contribution in [0.15, 0.2) is 0 Å². The summed E-state index contributed by atoms with van der Waals surface area (Å²) in [5.41, 5.74) is 4.23. The summed E-state index contributed by atoms with van der Waals surface area (Å²) in [4.78, 5) is 21.7. The average Bonchev–Trinajstić information content (AvgIpc) is 1.99. The topological polar surface area (TPSA) is 96.0 Å². The second-order valence-electron chi connectivity index (χ2n) is 3.56. The summed E-state index contributed by atoms with van der Waals surface area (Å²) in [6, 6.07) is 0. The van der Waals surface area contributed by atoms with Crippen LogP contribution in [0.2, 0.25) is 0 Å². The molecule has 5 heteroatoms. The quantitative estimate of drug-likeness (QED) is 0.522. The number of nitrogens with one attached hydrogen (secondary N) is 2. The van der Waals surface area contributed by atoms with E-state index in [1.807, 2.05) is 0 Å². The van der Waals surface area contributed by atoms with Gasteiger partial charge in [0.1, 0.15) is 0 Å². The summed E-state index contributed by atoms with van der Waals surface area (Å²) in [6.07, 6.45) is 0. The Labute approximate surface area is 77.2 Å². The summed E-state index contributed by atoms with van der Waals surface area (Å²) < 4.78 is 0. The largest absolute Gasteiger partial charge is 0.369 e. The lowest BCUT2D eigenvalue weighted by Crippen LogP contribution is -2.43. The lowest BCUT2D eigenvalue weighted by atomic mass is 9.93. The zero-order valence-electron chi connectivity index (χ0n) is 8.10. The predicted molar refractivity (Wildman–Crippen MR) is 49.4 cm³/mol. The Bertz CT molecular complexity index is 246. The molecule has 2 amide bonds. The number of rotatable bonds is 4. The summed E-state index contributed by atoms with van der Waals surface area (Å²) in [5, 5.41) is 9.43. The minimum absolute atomic E-state index is 0.0831. The Morgan fingerprint density at radius 1 is 1.46 bits per heavy atom. The third-order valence-corrected chi connectivity index (χ3v) is 1.70. The minimum atomic E-state index is -0.773. The maximum absolute atomic E-state index is 10.9. The summed E-state index contributed by atoms with van der Waals surface area (Å²) >= 11 is 0. The van der Waals surface area contributed by atoms with Crippen molar-refractivity contribution in [2.24, 2.45) is 11.1 Å². The van der Waals surface area contributed by atoms with Gasteiger partial charge in [-0.25, -0.2) is 0 Å². The van der Waals surface area contributed by atoms with E-state index in [1.54, 1.807) is 13.8 Å². The second kappa shape index (κ2) is 4.02. The highest BCUT2D eigenvalue weighted by molar-refractivity contribution is 6.36. The lowest BCUT2D eigenvalue weighted by Gasteiger charge is -2.20. The van der Waals surface area contributed by atoms with E-state index < -0.39 is 17.2 Å². The van der Waals surface area contributed by atoms with Crippen LogP contribution in [0, 0.1) is 10.8 Å². The number of nitrogens with two attached hydrogens (primary N) is 1. The molecule has 0 aliphatic heterocycles. The van der Waals surface area contributed by atoms with E-state index in [-0.39, 0.29) is 12.3 Å². The van der Waals surface area contributed by atoms with Crippen molar-refractivity contribution in [3.05, 3.63) is 0 Å². The molecule has 74 valence electrons. The van der Waals surface area contributed by atoms with Gasteiger partial charge in [0.15, 0.2) is 0 Å². The van der Waals surface area contributed by atoms with Gasteiger partial charge in [-0.2, -0.15) is 0 Å². The number of hydrogen-bond acceptors (Lipinski definition) is 3. The monoisotopic (exact) mass is 185 g/mol. The molecule has 0 fully saturated rings. The highest BCUT2D eigenvalue weighted by Gasteiger charge is 2.25. The summed E-state index contributed by atoms with van der Waals surface area (Å²) in [6.45, 7) is 4.80. The van der Waals surface area contributed by atoms with Gasteiger partial charge < -0.3 is 11.1 Å². The second-order valence-corrected chi connectivity index (χ2v) is 3.56. The van der Waals surface area contributed by atoms with E-state index in [1.165, 1.54) is 6.92 Å². The van der Waals surface area contributed by atoms with Crippen LogP contribution >= 0.6 is 0 Å². The fraction of sp³-hybridized carbons (Fsp3) is 0.625. The van der Waals surface area contributed by atoms with Gasteiger partial charge >= 0.3 is 0 Å². The van der Waals surface area contributed by atoms with Gasteiger partial charge in [-0.15, -0.1) is 0 Å². The average molecular weight is 185 g/mol. The Morgan fingerprint density at radius 3 is 2.23 bits per heavy atom. The number of carbonyl (C=O) groups is 2. The van der Waals surface area contributed by atoms with Crippen molar-refractivity contribution >= 4 is 17.5 Å². The molecule has 13 heavy (non-hydrogen) atoms. The third kappa shape index (κ3) is 3.68. The molecule has 0 unspecified atom stereocenters. The van der Waals surface area contributed by atoms with Crippen molar-refractivity contribution in [3.63, 3.8) is 0 Å². The molecule has 0 spiro atoms. The van der Waals surface area contributed by atoms with Gasteiger partial charge in [-0.05, 0) is 20.8 Å². The zero-order valence-corrected chi connectivity index (χ0v) is 8.10. The van der Waals surface area contributed by atoms with Crippen LogP contribution in [0.4, 0.5) is 0 Å². The first-order valence-corrected chi connectivity index (χ1v) is 3.90. The third-order valence-electron chi connectivity index (χ3n) is 1.70. The maximum Gasteiger partial charge on any atom is 0.264 e. The highest BCUT2D eigenvalue weighted by Crippen LogP contribution is 2.11. The standard InChI is InChI=1S/C8H15N3O2/c1-5(9)6(12)11-4-8(2,3)7(10)13/h9H,4H2,1-3H3,(H2,10,13)(H,11,12). The smallest absolute Gasteiger partial charge is 0.264 e. The van der Waals surface area contributed by atoms with Crippen molar-refractivity contribution < 1.29 is 9.59 Å². The normalized spacial score (nSPS) is 10.7. The van der Waals surface area contributed by atoms with Crippen LogP contribution in [0.1, 0.15) is 20.8 Å². The van der Waals surface area contributed by atoms with Gasteiger partial charge in [-0.3, -0.25) is 15.0 Å². The molecule has 0 aliphatic rings. The number of primary amides is 1. The van der Waals surface area contributed by atoms with Crippen molar-refractivity contribution in [3.8, 4) is 0 Å². The Morgan fingerprint density at radius 2 is 1.92 bits per heavy atom. The van der Waals surface area contributed by atoms with E-state index in [9.17, 15) is 9.59 Å². The lowest BCUT2D eigenvalue weighted by molar-refractivity contribution is -0.126.